The van der Waals surface area contributed by atoms with Gasteiger partial charge in [0.15, 0.2) is 16.7 Å². The Morgan fingerprint density at radius 2 is 2.10 bits per heavy atom. The number of thioether (sulfide) groups is 1. The number of carbonyl (C=O) groups excluding carboxylic acids is 1. The molecule has 1 amide bonds. The monoisotopic (exact) mass is 443 g/mol. The Balaban J connectivity index is 1.61. The minimum atomic E-state index is -0.283. The van der Waals surface area contributed by atoms with E-state index in [9.17, 15) is 4.79 Å². The molecule has 1 N–H and O–H groups in total. The van der Waals surface area contributed by atoms with Crippen LogP contribution in [-0.4, -0.2) is 45.7 Å². The van der Waals surface area contributed by atoms with E-state index >= 15 is 0 Å². The summed E-state index contributed by atoms with van der Waals surface area (Å²) in [5, 5.41) is 12.2. The van der Waals surface area contributed by atoms with Crippen LogP contribution in [0.4, 0.5) is 0 Å². The minimum Gasteiger partial charge on any atom is -0.493 e. The van der Waals surface area contributed by atoms with Crippen LogP contribution in [0, 0.1) is 0 Å². The summed E-state index contributed by atoms with van der Waals surface area (Å²) in [7, 11) is 5.05. The molecule has 156 valence electrons. The van der Waals surface area contributed by atoms with Gasteiger partial charge >= 0.3 is 0 Å². The molecular formula is C20H21N5O3S2. The molecule has 8 nitrogen and oxygen atoms in total. The molecule has 0 spiro atoms. The van der Waals surface area contributed by atoms with Crippen molar-refractivity contribution in [2.45, 2.75) is 11.2 Å². The lowest BCUT2D eigenvalue weighted by Crippen LogP contribution is -2.40. The smallest absolute Gasteiger partial charge is 0.252 e. The van der Waals surface area contributed by atoms with Crippen LogP contribution in [0.3, 0.4) is 0 Å². The fourth-order valence-electron chi connectivity index (χ4n) is 3.14. The fraction of sp³-hybridized carbons (Fsp3) is 0.250. The summed E-state index contributed by atoms with van der Waals surface area (Å²) >= 11 is 2.97. The van der Waals surface area contributed by atoms with Crippen LogP contribution < -0.4 is 14.9 Å². The van der Waals surface area contributed by atoms with Crippen LogP contribution in [0.5, 0.6) is 11.5 Å². The average molecular weight is 444 g/mol. The number of nitrogens with zero attached hydrogens (tertiary/aromatic N) is 4. The molecule has 0 saturated carbocycles. The number of rotatable bonds is 7. The number of ether oxygens (including phenoxy) is 2. The maximum atomic E-state index is 13.1. The van der Waals surface area contributed by atoms with Gasteiger partial charge in [0, 0.05) is 7.05 Å². The van der Waals surface area contributed by atoms with Crippen molar-refractivity contribution in [3.8, 4) is 11.5 Å². The highest BCUT2D eigenvalue weighted by Crippen LogP contribution is 2.37. The third kappa shape index (κ3) is 4.01. The zero-order valence-corrected chi connectivity index (χ0v) is 18.4. The zero-order chi connectivity index (χ0) is 21.1. The third-order valence-corrected chi connectivity index (χ3v) is 6.56. The number of methoxy groups -OCH3 is 2. The average Bonchev–Trinajstić information content (AvgIpc) is 3.52. The molecule has 0 unspecified atom stereocenters. The van der Waals surface area contributed by atoms with Gasteiger partial charge in [0.05, 0.1) is 36.6 Å². The Morgan fingerprint density at radius 3 is 2.77 bits per heavy atom. The van der Waals surface area contributed by atoms with Crippen molar-refractivity contribution in [1.82, 2.24) is 25.2 Å². The Bertz CT molecular complexity index is 1060. The molecule has 1 atom stereocenters. The predicted octanol–water partition coefficient (Wildman–Crippen LogP) is 3.12. The summed E-state index contributed by atoms with van der Waals surface area (Å²) in [5.41, 5.74) is 5.10. The first-order valence-corrected chi connectivity index (χ1v) is 11.0. The number of hydrazine groups is 1. The van der Waals surface area contributed by atoms with E-state index in [4.69, 9.17) is 9.47 Å². The van der Waals surface area contributed by atoms with Crippen LogP contribution in [0.15, 0.2) is 53.3 Å². The first-order valence-electron chi connectivity index (χ1n) is 9.14. The molecule has 1 aliphatic rings. The standard InChI is InChI=1S/C20H21N5O3S2/c1-24-12-21-22-20(24)30-11-19(26)25-15(10-14(23-25)18-5-4-8-29-18)13-6-7-16(27-2)17(9-13)28-3/h4-10,12,15,23H,11H2,1-3H3/t15-/m1/s1. The largest absolute Gasteiger partial charge is 0.493 e. The van der Waals surface area contributed by atoms with E-state index in [0.29, 0.717) is 16.7 Å². The third-order valence-electron chi connectivity index (χ3n) is 4.64. The van der Waals surface area contributed by atoms with Crippen LogP contribution in [-0.2, 0) is 11.8 Å². The summed E-state index contributed by atoms with van der Waals surface area (Å²) in [6.45, 7) is 0. The number of hydrogen-bond donors (Lipinski definition) is 1. The van der Waals surface area contributed by atoms with Gasteiger partial charge < -0.3 is 14.0 Å². The number of nitrogens with one attached hydrogen (secondary N) is 1. The van der Waals surface area contributed by atoms with E-state index in [1.54, 1.807) is 41.5 Å². The highest BCUT2D eigenvalue weighted by molar-refractivity contribution is 7.99. The summed E-state index contributed by atoms with van der Waals surface area (Å²) in [4.78, 5) is 14.2. The van der Waals surface area contributed by atoms with E-state index in [-0.39, 0.29) is 17.7 Å². The lowest BCUT2D eigenvalue weighted by atomic mass is 10.1. The summed E-state index contributed by atoms with van der Waals surface area (Å²) in [6, 6.07) is 9.42. The fourth-order valence-corrected chi connectivity index (χ4v) is 4.59. The highest BCUT2D eigenvalue weighted by atomic mass is 32.2. The van der Waals surface area contributed by atoms with Gasteiger partial charge in [-0.25, -0.2) is 5.01 Å². The molecule has 30 heavy (non-hydrogen) atoms. The molecule has 0 aliphatic carbocycles. The van der Waals surface area contributed by atoms with E-state index in [1.165, 1.54) is 11.8 Å². The van der Waals surface area contributed by atoms with Crippen LogP contribution in [0.25, 0.3) is 5.70 Å². The van der Waals surface area contributed by atoms with E-state index < -0.39 is 0 Å². The van der Waals surface area contributed by atoms with Gasteiger partial charge in [0.1, 0.15) is 6.33 Å². The molecule has 0 bridgehead atoms. The van der Waals surface area contributed by atoms with Gasteiger partial charge in [-0.2, -0.15) is 0 Å². The Morgan fingerprint density at radius 1 is 1.27 bits per heavy atom. The van der Waals surface area contributed by atoms with Gasteiger partial charge in [0.2, 0.25) is 0 Å². The summed E-state index contributed by atoms with van der Waals surface area (Å²) in [6.07, 6.45) is 3.67. The Hall–Kier alpha value is -2.98. The maximum Gasteiger partial charge on any atom is 0.252 e. The van der Waals surface area contributed by atoms with Gasteiger partial charge in [-0.3, -0.25) is 10.2 Å². The number of amides is 1. The minimum absolute atomic E-state index is 0.0643. The van der Waals surface area contributed by atoms with Crippen molar-refractivity contribution in [3.05, 3.63) is 58.6 Å². The first kappa shape index (κ1) is 20.3. The van der Waals surface area contributed by atoms with Gasteiger partial charge in [-0.1, -0.05) is 23.9 Å². The van der Waals surface area contributed by atoms with E-state index in [2.05, 4.69) is 21.7 Å². The van der Waals surface area contributed by atoms with Gasteiger partial charge in [-0.15, -0.1) is 21.5 Å². The van der Waals surface area contributed by atoms with Crippen molar-refractivity contribution in [2.75, 3.05) is 20.0 Å². The molecule has 0 saturated heterocycles. The molecule has 1 aromatic carbocycles. The second kappa shape index (κ2) is 8.80. The lowest BCUT2D eigenvalue weighted by molar-refractivity contribution is -0.131. The van der Waals surface area contributed by atoms with Crippen molar-refractivity contribution >= 4 is 34.7 Å². The van der Waals surface area contributed by atoms with Crippen LogP contribution in [0.2, 0.25) is 0 Å². The normalized spacial score (nSPS) is 15.6. The number of hydrogen-bond acceptors (Lipinski definition) is 8. The predicted molar refractivity (Wildman–Crippen MR) is 116 cm³/mol. The molecule has 2 aromatic heterocycles. The van der Waals surface area contributed by atoms with Crippen molar-refractivity contribution < 1.29 is 14.3 Å². The molecular weight excluding hydrogens is 422 g/mol. The number of benzene rings is 1. The molecule has 0 fully saturated rings. The maximum absolute atomic E-state index is 13.1. The topological polar surface area (TPSA) is 81.5 Å². The Labute approximate surface area is 182 Å². The summed E-state index contributed by atoms with van der Waals surface area (Å²) < 4.78 is 12.6. The second-order valence-electron chi connectivity index (χ2n) is 6.51. The molecule has 3 aromatic rings. The van der Waals surface area contributed by atoms with E-state index in [0.717, 1.165) is 16.1 Å². The van der Waals surface area contributed by atoms with Crippen molar-refractivity contribution in [3.63, 3.8) is 0 Å². The number of carbonyl (C=O) groups is 1. The number of thiophene rings is 1. The first-order chi connectivity index (χ1) is 14.6. The van der Waals surface area contributed by atoms with Crippen molar-refractivity contribution in [1.29, 1.82) is 0 Å². The molecule has 4 rings (SSSR count). The zero-order valence-electron chi connectivity index (χ0n) is 16.7. The Kier molecular flexibility index (Phi) is 5.96. The van der Waals surface area contributed by atoms with Crippen molar-refractivity contribution in [2.24, 2.45) is 7.05 Å². The lowest BCUT2D eigenvalue weighted by Gasteiger charge is -2.25. The molecule has 0 radical (unpaired) electrons. The molecule has 3 heterocycles. The SMILES string of the molecule is COc1ccc([C@H]2C=C(c3cccs3)NN2C(=O)CSc2nncn2C)cc1OC. The van der Waals surface area contributed by atoms with Crippen LogP contribution in [0.1, 0.15) is 16.5 Å². The quantitative estimate of drug-likeness (QED) is 0.562. The van der Waals surface area contributed by atoms with Gasteiger partial charge in [-0.05, 0) is 35.2 Å². The second-order valence-corrected chi connectivity index (χ2v) is 8.40. The van der Waals surface area contributed by atoms with E-state index in [1.807, 2.05) is 42.8 Å². The molecule has 10 heteroatoms. The number of aryl methyl sites for hydroxylation is 1. The molecule has 1 aliphatic heterocycles. The number of aromatic nitrogens is 3. The van der Waals surface area contributed by atoms with Crippen LogP contribution >= 0.6 is 23.1 Å². The summed E-state index contributed by atoms with van der Waals surface area (Å²) in [5.74, 6) is 1.43. The van der Waals surface area contributed by atoms with Gasteiger partial charge in [0.25, 0.3) is 5.91 Å². The highest BCUT2D eigenvalue weighted by Gasteiger charge is 2.31.